The van der Waals surface area contributed by atoms with Crippen LogP contribution in [0.1, 0.15) is 38.2 Å². The first-order valence-corrected chi connectivity index (χ1v) is 10.5. The van der Waals surface area contributed by atoms with Crippen LogP contribution >= 0.6 is 24.0 Å². The van der Waals surface area contributed by atoms with Crippen molar-refractivity contribution in [3.05, 3.63) is 41.2 Å². The van der Waals surface area contributed by atoms with E-state index in [4.69, 9.17) is 9.73 Å². The third-order valence-corrected chi connectivity index (χ3v) is 5.37. The fourth-order valence-electron chi connectivity index (χ4n) is 3.90. The van der Waals surface area contributed by atoms with E-state index in [-0.39, 0.29) is 29.8 Å². The summed E-state index contributed by atoms with van der Waals surface area (Å²) in [6, 6.07) is 5.39. The largest absolute Gasteiger partial charge is 0.377 e. The van der Waals surface area contributed by atoms with Crippen molar-refractivity contribution < 1.29 is 9.13 Å². The lowest BCUT2D eigenvalue weighted by atomic mass is 10.0. The minimum Gasteiger partial charge on any atom is -0.377 e. The van der Waals surface area contributed by atoms with Gasteiger partial charge in [0, 0.05) is 37.9 Å². The van der Waals surface area contributed by atoms with Crippen molar-refractivity contribution in [2.24, 2.45) is 4.99 Å². The van der Waals surface area contributed by atoms with Gasteiger partial charge in [-0.2, -0.15) is 0 Å². The third-order valence-electron chi connectivity index (χ3n) is 5.37. The lowest BCUT2D eigenvalue weighted by molar-refractivity contribution is 0.153. The molecule has 162 valence electrons. The van der Waals surface area contributed by atoms with Gasteiger partial charge in [-0.1, -0.05) is 11.6 Å². The molecule has 0 aliphatic carbocycles. The molecule has 2 N–H and O–H groups in total. The molecule has 2 heterocycles. The molecule has 0 spiro atoms. The van der Waals surface area contributed by atoms with Crippen LogP contribution in [0.3, 0.4) is 0 Å². The number of nitrogens with zero attached hydrogens (tertiary/aromatic N) is 2. The highest BCUT2D eigenvalue weighted by Gasteiger charge is 2.22. The van der Waals surface area contributed by atoms with E-state index in [0.29, 0.717) is 6.04 Å². The molecule has 3 rings (SSSR count). The number of nitrogens with one attached hydrogen (secondary N) is 2. The average Bonchev–Trinajstić information content (AvgIpc) is 2.69. The van der Waals surface area contributed by atoms with Crippen LogP contribution in [-0.4, -0.2) is 51.4 Å². The molecule has 0 saturated carbocycles. The van der Waals surface area contributed by atoms with Gasteiger partial charge in [0.2, 0.25) is 0 Å². The van der Waals surface area contributed by atoms with E-state index in [1.807, 2.05) is 13.0 Å². The predicted octanol–water partition coefficient (Wildman–Crippen LogP) is 4.01. The molecule has 0 radical (unpaired) electrons. The normalized spacial score (nSPS) is 20.0. The van der Waals surface area contributed by atoms with Crippen LogP contribution in [0.25, 0.3) is 0 Å². The molecule has 2 aliphatic rings. The number of ether oxygens (including phenoxy) is 1. The Morgan fingerprint density at radius 2 is 2.24 bits per heavy atom. The van der Waals surface area contributed by atoms with Gasteiger partial charge in [0.25, 0.3) is 0 Å². The Labute approximate surface area is 191 Å². The molecule has 1 fully saturated rings. The molecule has 1 saturated heterocycles. The van der Waals surface area contributed by atoms with E-state index in [0.717, 1.165) is 82.3 Å². The van der Waals surface area contributed by atoms with Crippen LogP contribution < -0.4 is 15.5 Å². The van der Waals surface area contributed by atoms with Crippen molar-refractivity contribution in [2.45, 2.75) is 45.6 Å². The lowest BCUT2D eigenvalue weighted by Gasteiger charge is -2.36. The van der Waals surface area contributed by atoms with Gasteiger partial charge in [0.15, 0.2) is 5.96 Å². The molecular formula is C22H34FIN4O. The summed E-state index contributed by atoms with van der Waals surface area (Å²) in [6.07, 6.45) is 6.42. The Morgan fingerprint density at radius 3 is 2.97 bits per heavy atom. The van der Waals surface area contributed by atoms with Gasteiger partial charge in [0.05, 0.1) is 13.2 Å². The number of hydrogen-bond donors (Lipinski definition) is 2. The second-order valence-electron chi connectivity index (χ2n) is 7.56. The second kappa shape index (κ2) is 12.4. The quantitative estimate of drug-likeness (QED) is 0.260. The maximum absolute atomic E-state index is 13.4. The number of aliphatic imine (C=N–C) groups is 1. The Balaban J connectivity index is 0.00000300. The summed E-state index contributed by atoms with van der Waals surface area (Å²) in [5, 5.41) is 6.97. The minimum atomic E-state index is -0.172. The predicted molar refractivity (Wildman–Crippen MR) is 129 cm³/mol. The Hall–Kier alpha value is -1.35. The van der Waals surface area contributed by atoms with Crippen LogP contribution in [0.5, 0.6) is 0 Å². The summed E-state index contributed by atoms with van der Waals surface area (Å²) in [5.41, 5.74) is 3.56. The average molecular weight is 516 g/mol. The molecule has 7 heteroatoms. The smallest absolute Gasteiger partial charge is 0.191 e. The van der Waals surface area contributed by atoms with Crippen molar-refractivity contribution >= 4 is 35.6 Å². The van der Waals surface area contributed by atoms with Crippen LogP contribution in [0.2, 0.25) is 0 Å². The zero-order valence-corrected chi connectivity index (χ0v) is 19.9. The molecule has 1 aromatic rings. The number of piperidine rings is 1. The maximum atomic E-state index is 13.4. The van der Waals surface area contributed by atoms with E-state index < -0.39 is 0 Å². The standard InChI is InChI=1S/C22H33FN4O.HI/c1-3-24-22(25-11-8-18-9-13-28-14-10-18)26-20-5-4-12-27(16-20)21-7-6-19(23)15-17(21)2;/h6-7,9,15,20H,3-5,8,10-14,16H2,1-2H3,(H2,24,25,26);1H. The Bertz CT molecular complexity index is 710. The van der Waals surface area contributed by atoms with Gasteiger partial charge in [-0.05, 0) is 63.3 Å². The van der Waals surface area contributed by atoms with Gasteiger partial charge in [-0.3, -0.25) is 4.99 Å². The number of anilines is 1. The zero-order chi connectivity index (χ0) is 19.8. The highest BCUT2D eigenvalue weighted by atomic mass is 127. The first-order chi connectivity index (χ1) is 13.7. The molecule has 0 bridgehead atoms. The topological polar surface area (TPSA) is 48.9 Å². The number of benzene rings is 1. The van der Waals surface area contributed by atoms with Crippen molar-refractivity contribution in [2.75, 3.05) is 44.3 Å². The lowest BCUT2D eigenvalue weighted by Crippen LogP contribution is -2.51. The van der Waals surface area contributed by atoms with Crippen LogP contribution in [-0.2, 0) is 4.74 Å². The summed E-state index contributed by atoms with van der Waals surface area (Å²) < 4.78 is 18.8. The van der Waals surface area contributed by atoms with Gasteiger partial charge in [0.1, 0.15) is 5.82 Å². The van der Waals surface area contributed by atoms with Gasteiger partial charge in [-0.25, -0.2) is 4.39 Å². The number of rotatable bonds is 6. The fraction of sp³-hybridized carbons (Fsp3) is 0.591. The molecule has 2 aliphatic heterocycles. The van der Waals surface area contributed by atoms with Crippen LogP contribution in [0, 0.1) is 12.7 Å². The molecule has 1 atom stereocenters. The molecule has 0 aromatic heterocycles. The first kappa shape index (κ1) is 23.9. The Kier molecular flexibility index (Phi) is 10.2. The van der Waals surface area contributed by atoms with Crippen molar-refractivity contribution in [1.29, 1.82) is 0 Å². The molecule has 1 unspecified atom stereocenters. The minimum absolute atomic E-state index is 0. The van der Waals surface area contributed by atoms with E-state index in [1.165, 1.54) is 5.57 Å². The fourth-order valence-corrected chi connectivity index (χ4v) is 3.90. The zero-order valence-electron chi connectivity index (χ0n) is 17.5. The SMILES string of the molecule is CCNC(=NCCC1=CCOCC1)NC1CCCN(c2ccc(F)cc2C)C1.I. The number of hydrogen-bond acceptors (Lipinski definition) is 3. The van der Waals surface area contributed by atoms with Gasteiger partial charge < -0.3 is 20.3 Å². The molecular weight excluding hydrogens is 482 g/mol. The monoisotopic (exact) mass is 516 g/mol. The molecule has 1 aromatic carbocycles. The molecule has 5 nitrogen and oxygen atoms in total. The van der Waals surface area contributed by atoms with Crippen molar-refractivity contribution in [3.8, 4) is 0 Å². The number of guanidine groups is 1. The van der Waals surface area contributed by atoms with Gasteiger partial charge in [-0.15, -0.1) is 24.0 Å². The highest BCUT2D eigenvalue weighted by Crippen LogP contribution is 2.24. The van der Waals surface area contributed by atoms with Crippen molar-refractivity contribution in [1.82, 2.24) is 10.6 Å². The number of halogens is 2. The third kappa shape index (κ3) is 7.44. The van der Waals surface area contributed by atoms with Crippen LogP contribution in [0.15, 0.2) is 34.8 Å². The van der Waals surface area contributed by atoms with E-state index in [1.54, 1.807) is 12.1 Å². The summed E-state index contributed by atoms with van der Waals surface area (Å²) in [6.45, 7) is 9.17. The van der Waals surface area contributed by atoms with E-state index in [9.17, 15) is 4.39 Å². The first-order valence-electron chi connectivity index (χ1n) is 10.5. The summed E-state index contributed by atoms with van der Waals surface area (Å²) >= 11 is 0. The second-order valence-corrected chi connectivity index (χ2v) is 7.56. The summed E-state index contributed by atoms with van der Waals surface area (Å²) in [5.74, 6) is 0.715. The van der Waals surface area contributed by atoms with E-state index in [2.05, 4.69) is 28.5 Å². The van der Waals surface area contributed by atoms with Crippen molar-refractivity contribution in [3.63, 3.8) is 0 Å². The van der Waals surface area contributed by atoms with Crippen LogP contribution in [0.4, 0.5) is 10.1 Å². The van der Waals surface area contributed by atoms with Gasteiger partial charge >= 0.3 is 0 Å². The molecule has 0 amide bonds. The summed E-state index contributed by atoms with van der Waals surface area (Å²) in [7, 11) is 0. The van der Waals surface area contributed by atoms with E-state index >= 15 is 0 Å². The highest BCUT2D eigenvalue weighted by molar-refractivity contribution is 14.0. The molecule has 29 heavy (non-hydrogen) atoms. The number of aryl methyl sites for hydroxylation is 1. The Morgan fingerprint density at radius 1 is 1.38 bits per heavy atom. The maximum Gasteiger partial charge on any atom is 0.191 e. The summed E-state index contributed by atoms with van der Waals surface area (Å²) in [4.78, 5) is 7.13.